The molecule has 0 saturated heterocycles. The molecule has 2 heterocycles. The number of aliphatic hydroxyl groups is 1. The van der Waals surface area contributed by atoms with Crippen LogP contribution in [0.25, 0.3) is 11.3 Å². The molecule has 4 aliphatic carbocycles. The van der Waals surface area contributed by atoms with Crippen LogP contribution in [0, 0.1) is 35.0 Å². The van der Waals surface area contributed by atoms with Gasteiger partial charge in [-0.25, -0.2) is 9.78 Å². The van der Waals surface area contributed by atoms with Crippen molar-refractivity contribution in [2.45, 2.75) is 56.2 Å². The van der Waals surface area contributed by atoms with Crippen molar-refractivity contribution in [3.8, 4) is 17.3 Å². The highest BCUT2D eigenvalue weighted by Gasteiger charge is 2.57. The Hall–Kier alpha value is -3.63. The molecule has 37 heavy (non-hydrogen) atoms. The summed E-state index contributed by atoms with van der Waals surface area (Å²) in [6.45, 7) is 0. The molecule has 2 aromatic carbocycles. The van der Waals surface area contributed by atoms with Crippen molar-refractivity contribution in [2.75, 3.05) is 5.32 Å². The lowest BCUT2D eigenvalue weighted by Crippen LogP contribution is -2.64. The van der Waals surface area contributed by atoms with Crippen molar-refractivity contribution < 1.29 is 9.90 Å². The maximum atomic E-state index is 13.0. The predicted octanol–water partition coefficient (Wildman–Crippen LogP) is 5.09. The molecule has 1 aliphatic heterocycles. The van der Waals surface area contributed by atoms with Gasteiger partial charge in [-0.2, -0.15) is 5.26 Å². The molecule has 7 nitrogen and oxygen atoms in total. The number of nitriles is 1. The first kappa shape index (κ1) is 22.6. The second-order valence-corrected chi connectivity index (χ2v) is 11.7. The number of nitrogens with one attached hydrogen (secondary N) is 2. The summed E-state index contributed by atoms with van der Waals surface area (Å²) in [5.41, 5.74) is 4.70. The standard InChI is InChI=1S/C30H31N5O2/c31-15-18-5-7-22(8-6-18)33-29(37)34-30-12-19-9-20(13-30)28(21(10-19)14-30)27(36)11-25-23-3-1-2-4-24(23)26-16-32-17-35(25)26/h1-8,16-17,19-21,25,27-28,36H,9-14H2,(H2,33,34,37)/t19?,20?,21?,25?,27-,28?,30?/m0/s1. The van der Waals surface area contributed by atoms with Crippen LogP contribution in [0.2, 0.25) is 0 Å². The van der Waals surface area contributed by atoms with Gasteiger partial charge in [0.15, 0.2) is 0 Å². The van der Waals surface area contributed by atoms with E-state index in [1.807, 2.05) is 12.5 Å². The molecule has 2 amide bonds. The summed E-state index contributed by atoms with van der Waals surface area (Å²) in [4.78, 5) is 17.3. The van der Waals surface area contributed by atoms with Gasteiger partial charge in [-0.1, -0.05) is 24.3 Å². The molecule has 4 atom stereocenters. The minimum absolute atomic E-state index is 0.117. The number of nitrogens with zero attached hydrogens (tertiary/aromatic N) is 3. The lowest BCUT2D eigenvalue weighted by atomic mass is 9.48. The normalized spacial score (nSPS) is 31.3. The molecule has 3 N–H and O–H groups in total. The second kappa shape index (κ2) is 8.46. The smallest absolute Gasteiger partial charge is 0.319 e. The number of fused-ring (bicyclic) bond motifs is 3. The number of carbonyl (C=O) groups is 1. The molecule has 8 rings (SSSR count). The maximum absolute atomic E-state index is 13.0. The number of benzene rings is 2. The molecule has 4 bridgehead atoms. The number of aromatic nitrogens is 2. The van der Waals surface area contributed by atoms with Crippen LogP contribution in [0.4, 0.5) is 10.5 Å². The summed E-state index contributed by atoms with van der Waals surface area (Å²) in [5.74, 6) is 1.74. The van der Waals surface area contributed by atoms with Gasteiger partial charge in [0, 0.05) is 16.8 Å². The van der Waals surface area contributed by atoms with Crippen LogP contribution >= 0.6 is 0 Å². The lowest BCUT2D eigenvalue weighted by Gasteiger charge is -2.61. The minimum Gasteiger partial charge on any atom is -0.393 e. The van der Waals surface area contributed by atoms with Crippen LogP contribution < -0.4 is 10.6 Å². The van der Waals surface area contributed by atoms with Crippen molar-refractivity contribution in [3.63, 3.8) is 0 Å². The molecule has 188 valence electrons. The number of amides is 2. The Balaban J connectivity index is 1.06. The summed E-state index contributed by atoms with van der Waals surface area (Å²) in [6, 6.07) is 17.5. The highest BCUT2D eigenvalue weighted by Crippen LogP contribution is 2.60. The topological polar surface area (TPSA) is 103 Å². The number of rotatable bonds is 5. The van der Waals surface area contributed by atoms with Gasteiger partial charge >= 0.3 is 6.03 Å². The predicted molar refractivity (Wildman–Crippen MR) is 140 cm³/mol. The number of hydrogen-bond donors (Lipinski definition) is 3. The van der Waals surface area contributed by atoms with Crippen LogP contribution in [0.3, 0.4) is 0 Å². The van der Waals surface area contributed by atoms with Crippen LogP contribution in [-0.2, 0) is 0 Å². The van der Waals surface area contributed by atoms with Crippen LogP contribution in [0.1, 0.15) is 55.7 Å². The number of carbonyl (C=O) groups excluding carboxylic acids is 1. The Morgan fingerprint density at radius 1 is 1.14 bits per heavy atom. The van der Waals surface area contributed by atoms with Gasteiger partial charge in [-0.3, -0.25) is 0 Å². The molecular formula is C30H31N5O2. The number of aliphatic hydroxyl groups excluding tert-OH is 1. The number of urea groups is 1. The summed E-state index contributed by atoms with van der Waals surface area (Å²) in [6.07, 6.45) is 9.32. The monoisotopic (exact) mass is 493 g/mol. The molecule has 1 aromatic heterocycles. The highest BCUT2D eigenvalue weighted by atomic mass is 16.3. The first-order chi connectivity index (χ1) is 18.0. The Morgan fingerprint density at radius 3 is 2.65 bits per heavy atom. The molecule has 4 saturated carbocycles. The fourth-order valence-electron chi connectivity index (χ4n) is 8.43. The minimum atomic E-state index is -0.383. The third-order valence-corrected chi connectivity index (χ3v) is 9.50. The zero-order chi connectivity index (χ0) is 25.1. The van der Waals surface area contributed by atoms with E-state index in [0.29, 0.717) is 35.4 Å². The summed E-state index contributed by atoms with van der Waals surface area (Å²) in [5, 5.41) is 27.0. The third-order valence-electron chi connectivity index (χ3n) is 9.50. The number of imidazole rings is 1. The second-order valence-electron chi connectivity index (χ2n) is 11.7. The first-order valence-corrected chi connectivity index (χ1v) is 13.4. The number of hydrogen-bond acceptors (Lipinski definition) is 4. The molecule has 7 heteroatoms. The van der Waals surface area contributed by atoms with E-state index >= 15 is 0 Å². The average molecular weight is 494 g/mol. The van der Waals surface area contributed by atoms with Crippen molar-refractivity contribution in [3.05, 3.63) is 72.2 Å². The molecule has 0 spiro atoms. The molecule has 3 aromatic rings. The lowest BCUT2D eigenvalue weighted by molar-refractivity contribution is -0.108. The molecule has 0 radical (unpaired) electrons. The molecule has 5 aliphatic rings. The molecule has 3 unspecified atom stereocenters. The van der Waals surface area contributed by atoms with E-state index in [1.54, 1.807) is 24.3 Å². The van der Waals surface area contributed by atoms with Gasteiger partial charge in [-0.05, 0) is 92.0 Å². The van der Waals surface area contributed by atoms with E-state index in [9.17, 15) is 9.90 Å². The van der Waals surface area contributed by atoms with Gasteiger partial charge in [-0.15, -0.1) is 0 Å². The Labute approximate surface area is 216 Å². The van der Waals surface area contributed by atoms with E-state index in [4.69, 9.17) is 5.26 Å². The van der Waals surface area contributed by atoms with Crippen molar-refractivity contribution in [1.82, 2.24) is 14.9 Å². The van der Waals surface area contributed by atoms with Crippen LogP contribution in [-0.4, -0.2) is 32.3 Å². The van der Waals surface area contributed by atoms with E-state index < -0.39 is 0 Å². The third kappa shape index (κ3) is 3.74. The van der Waals surface area contributed by atoms with Crippen LogP contribution in [0.5, 0.6) is 0 Å². The first-order valence-electron chi connectivity index (χ1n) is 13.4. The van der Waals surface area contributed by atoms with Gasteiger partial charge in [0.25, 0.3) is 0 Å². The highest BCUT2D eigenvalue weighted by molar-refractivity contribution is 5.89. The van der Waals surface area contributed by atoms with Crippen molar-refractivity contribution in [2.24, 2.45) is 23.7 Å². The fourth-order valence-corrected chi connectivity index (χ4v) is 8.43. The van der Waals surface area contributed by atoms with Crippen molar-refractivity contribution >= 4 is 11.7 Å². The SMILES string of the molecule is N#Cc1ccc(NC(=O)NC23CC4CC(C2)C([C@@H](O)CC2c5ccccc5-c5cncn52)C(C4)C3)cc1. The quantitative estimate of drug-likeness (QED) is 0.460. The van der Waals surface area contributed by atoms with Crippen molar-refractivity contribution in [1.29, 1.82) is 5.26 Å². The van der Waals surface area contributed by atoms with Crippen LogP contribution in [0.15, 0.2) is 61.1 Å². The van der Waals surface area contributed by atoms with E-state index in [0.717, 1.165) is 37.8 Å². The zero-order valence-electron chi connectivity index (χ0n) is 20.7. The Morgan fingerprint density at radius 2 is 1.89 bits per heavy atom. The summed E-state index contributed by atoms with van der Waals surface area (Å²) < 4.78 is 2.22. The van der Waals surface area contributed by atoms with E-state index in [2.05, 4.69) is 50.5 Å². The maximum Gasteiger partial charge on any atom is 0.319 e. The van der Waals surface area contributed by atoms with E-state index in [-0.39, 0.29) is 29.6 Å². The molecular weight excluding hydrogens is 462 g/mol. The Bertz CT molecular complexity index is 1370. The van der Waals surface area contributed by atoms with Gasteiger partial charge in [0.2, 0.25) is 0 Å². The van der Waals surface area contributed by atoms with Gasteiger partial charge < -0.3 is 20.3 Å². The van der Waals surface area contributed by atoms with Gasteiger partial charge in [0.05, 0.1) is 42.0 Å². The fraction of sp³-hybridized carbons (Fsp3) is 0.433. The summed E-state index contributed by atoms with van der Waals surface area (Å²) >= 11 is 0. The largest absolute Gasteiger partial charge is 0.393 e. The average Bonchev–Trinajstić information content (AvgIpc) is 3.46. The summed E-state index contributed by atoms with van der Waals surface area (Å²) in [7, 11) is 0. The number of anilines is 1. The molecule has 4 fully saturated rings. The van der Waals surface area contributed by atoms with E-state index in [1.165, 1.54) is 11.1 Å². The van der Waals surface area contributed by atoms with Gasteiger partial charge in [0.1, 0.15) is 0 Å². The Kier molecular flexibility index (Phi) is 5.16. The zero-order valence-corrected chi connectivity index (χ0v) is 20.7.